The molecular weight excluding hydrogens is 364 g/mol. The molecule has 0 atom stereocenters. The predicted molar refractivity (Wildman–Crippen MR) is 105 cm³/mol. The lowest BCUT2D eigenvalue weighted by Gasteiger charge is -2.15. The number of esters is 1. The van der Waals surface area contributed by atoms with Crippen LogP contribution in [0, 0.1) is 0 Å². The van der Waals surface area contributed by atoms with Crippen LogP contribution in [0.3, 0.4) is 0 Å². The first kappa shape index (κ1) is 19.6. The van der Waals surface area contributed by atoms with Crippen LogP contribution < -0.4 is 5.32 Å². The molecule has 2 aromatic rings. The number of hydrogen-bond acceptors (Lipinski definition) is 6. The fourth-order valence-corrected chi connectivity index (χ4v) is 4.70. The van der Waals surface area contributed by atoms with Gasteiger partial charge in [-0.25, -0.2) is 4.79 Å². The number of carbonyl (C=O) groups excluding carboxylic acids is 2. The molecule has 0 saturated heterocycles. The van der Waals surface area contributed by atoms with Crippen LogP contribution in [0.25, 0.3) is 0 Å². The molecule has 3 rings (SSSR count). The molecule has 2 heterocycles. The maximum absolute atomic E-state index is 12.5. The van der Waals surface area contributed by atoms with Crippen molar-refractivity contribution in [3.8, 4) is 0 Å². The van der Waals surface area contributed by atoms with Crippen LogP contribution >= 0.6 is 11.3 Å². The summed E-state index contributed by atoms with van der Waals surface area (Å²) in [4.78, 5) is 28.1. The summed E-state index contributed by atoms with van der Waals surface area (Å²) in [6.07, 6.45) is 7.75. The standard InChI is InChI=1S/C19H26N4O3S/c1-4-26-19(25)17-14-7-5-6-8-15(14)27-18(17)21-16(24)12-22(2)10-13-9-20-23(3)11-13/h9,11H,4-8,10,12H2,1-3H3,(H,21,24). The fraction of sp³-hybridized carbons (Fsp3) is 0.526. The number of likely N-dealkylation sites (N-methyl/N-ethyl adjacent to an activating group) is 1. The highest BCUT2D eigenvalue weighted by molar-refractivity contribution is 7.17. The Hall–Kier alpha value is -2.19. The van der Waals surface area contributed by atoms with E-state index < -0.39 is 0 Å². The molecule has 7 nitrogen and oxygen atoms in total. The van der Waals surface area contributed by atoms with E-state index in [0.29, 0.717) is 23.7 Å². The van der Waals surface area contributed by atoms with E-state index in [0.717, 1.165) is 36.8 Å². The number of amides is 1. The predicted octanol–water partition coefficient (Wildman–Crippen LogP) is 2.61. The zero-order chi connectivity index (χ0) is 19.4. The molecule has 0 fully saturated rings. The van der Waals surface area contributed by atoms with E-state index in [4.69, 9.17) is 4.74 Å². The molecule has 0 saturated carbocycles. The summed E-state index contributed by atoms with van der Waals surface area (Å²) in [7, 11) is 3.75. The second-order valence-corrected chi connectivity index (χ2v) is 7.98. The molecule has 1 aliphatic rings. The number of aryl methyl sites for hydroxylation is 2. The van der Waals surface area contributed by atoms with Crippen molar-refractivity contribution < 1.29 is 14.3 Å². The molecule has 0 bridgehead atoms. The number of hydrogen-bond donors (Lipinski definition) is 1. The molecule has 0 radical (unpaired) electrons. The number of nitrogens with one attached hydrogen (secondary N) is 1. The van der Waals surface area contributed by atoms with Gasteiger partial charge in [0.2, 0.25) is 5.91 Å². The van der Waals surface area contributed by atoms with E-state index in [1.807, 2.05) is 25.2 Å². The quantitative estimate of drug-likeness (QED) is 0.736. The smallest absolute Gasteiger partial charge is 0.341 e. The summed E-state index contributed by atoms with van der Waals surface area (Å²) in [5.74, 6) is -0.471. The van der Waals surface area contributed by atoms with Gasteiger partial charge >= 0.3 is 5.97 Å². The number of rotatable bonds is 7. The van der Waals surface area contributed by atoms with Crippen molar-refractivity contribution in [1.29, 1.82) is 0 Å². The van der Waals surface area contributed by atoms with Crippen molar-refractivity contribution in [2.45, 2.75) is 39.2 Å². The first-order chi connectivity index (χ1) is 13.0. The third-order valence-corrected chi connectivity index (χ3v) is 5.74. The van der Waals surface area contributed by atoms with Crippen LogP contribution in [-0.2, 0) is 36.0 Å². The Balaban J connectivity index is 1.69. The molecule has 2 aromatic heterocycles. The lowest BCUT2D eigenvalue weighted by atomic mass is 9.95. The average Bonchev–Trinajstić information content (AvgIpc) is 3.17. The van der Waals surface area contributed by atoms with Gasteiger partial charge in [0.25, 0.3) is 0 Å². The summed E-state index contributed by atoms with van der Waals surface area (Å²) in [6, 6.07) is 0. The maximum Gasteiger partial charge on any atom is 0.341 e. The molecule has 0 aromatic carbocycles. The minimum absolute atomic E-state index is 0.134. The van der Waals surface area contributed by atoms with Crippen LogP contribution in [0.1, 0.15) is 46.1 Å². The minimum Gasteiger partial charge on any atom is -0.462 e. The van der Waals surface area contributed by atoms with E-state index in [2.05, 4.69) is 10.4 Å². The van der Waals surface area contributed by atoms with Gasteiger partial charge in [0, 0.05) is 30.2 Å². The third-order valence-electron chi connectivity index (χ3n) is 4.53. The van der Waals surface area contributed by atoms with E-state index in [-0.39, 0.29) is 18.4 Å². The first-order valence-electron chi connectivity index (χ1n) is 9.25. The second kappa shape index (κ2) is 8.67. The number of anilines is 1. The Morgan fingerprint density at radius 2 is 2.15 bits per heavy atom. The molecule has 0 unspecified atom stereocenters. The lowest BCUT2D eigenvalue weighted by Crippen LogP contribution is -2.30. The number of carbonyl (C=O) groups is 2. The molecule has 1 amide bonds. The minimum atomic E-state index is -0.337. The van der Waals surface area contributed by atoms with E-state index in [9.17, 15) is 9.59 Å². The van der Waals surface area contributed by atoms with Crippen LogP contribution in [0.2, 0.25) is 0 Å². The first-order valence-corrected chi connectivity index (χ1v) is 10.1. The van der Waals surface area contributed by atoms with Crippen molar-refractivity contribution in [2.24, 2.45) is 7.05 Å². The van der Waals surface area contributed by atoms with Gasteiger partial charge in [-0.3, -0.25) is 14.4 Å². The van der Waals surface area contributed by atoms with E-state index >= 15 is 0 Å². The van der Waals surface area contributed by atoms with Crippen molar-refractivity contribution >= 4 is 28.2 Å². The van der Waals surface area contributed by atoms with E-state index in [1.165, 1.54) is 16.2 Å². The topological polar surface area (TPSA) is 76.5 Å². The SMILES string of the molecule is CCOC(=O)c1c(NC(=O)CN(C)Cc2cnn(C)c2)sc2c1CCCC2. The number of thiophene rings is 1. The van der Waals surface area contributed by atoms with Gasteiger partial charge in [0.1, 0.15) is 5.00 Å². The lowest BCUT2D eigenvalue weighted by molar-refractivity contribution is -0.117. The van der Waals surface area contributed by atoms with Crippen LogP contribution in [0.15, 0.2) is 12.4 Å². The molecule has 0 aliphatic heterocycles. The van der Waals surface area contributed by atoms with Gasteiger partial charge in [-0.2, -0.15) is 5.10 Å². The summed E-state index contributed by atoms with van der Waals surface area (Å²) in [6.45, 7) is 2.99. The molecule has 8 heteroatoms. The van der Waals surface area contributed by atoms with Gasteiger partial charge < -0.3 is 10.1 Å². The Morgan fingerprint density at radius 3 is 2.85 bits per heavy atom. The van der Waals surface area contributed by atoms with Crippen molar-refractivity contribution in [2.75, 3.05) is 25.5 Å². The molecular formula is C19H26N4O3S. The summed E-state index contributed by atoms with van der Waals surface area (Å²) < 4.78 is 6.97. The molecule has 27 heavy (non-hydrogen) atoms. The third kappa shape index (κ3) is 4.75. The zero-order valence-electron chi connectivity index (χ0n) is 16.1. The summed E-state index contributed by atoms with van der Waals surface area (Å²) >= 11 is 1.51. The maximum atomic E-state index is 12.5. The number of ether oxygens (including phenoxy) is 1. The zero-order valence-corrected chi connectivity index (χ0v) is 16.9. The summed E-state index contributed by atoms with van der Waals surface area (Å²) in [5, 5.41) is 7.71. The van der Waals surface area contributed by atoms with Gasteiger partial charge in [0.05, 0.1) is 24.9 Å². The van der Waals surface area contributed by atoms with Crippen molar-refractivity contribution in [1.82, 2.24) is 14.7 Å². The number of nitrogens with zero attached hydrogens (tertiary/aromatic N) is 3. The van der Waals surface area contributed by atoms with Gasteiger partial charge in [-0.1, -0.05) is 0 Å². The Bertz CT molecular complexity index is 827. The summed E-state index contributed by atoms with van der Waals surface area (Å²) in [5.41, 5.74) is 2.66. The normalized spacial score (nSPS) is 13.5. The second-order valence-electron chi connectivity index (χ2n) is 6.88. The number of fused-ring (bicyclic) bond motifs is 1. The molecule has 0 spiro atoms. The highest BCUT2D eigenvalue weighted by Crippen LogP contribution is 2.38. The van der Waals surface area contributed by atoms with Gasteiger partial charge in [0.15, 0.2) is 0 Å². The Kier molecular flexibility index (Phi) is 6.28. The average molecular weight is 391 g/mol. The fourth-order valence-electron chi connectivity index (χ4n) is 3.41. The molecule has 1 N–H and O–H groups in total. The molecule has 146 valence electrons. The highest BCUT2D eigenvalue weighted by Gasteiger charge is 2.27. The molecule has 1 aliphatic carbocycles. The Morgan fingerprint density at radius 1 is 1.37 bits per heavy atom. The van der Waals surface area contributed by atoms with Gasteiger partial charge in [-0.15, -0.1) is 11.3 Å². The van der Waals surface area contributed by atoms with Gasteiger partial charge in [-0.05, 0) is 45.2 Å². The largest absolute Gasteiger partial charge is 0.462 e. The highest BCUT2D eigenvalue weighted by atomic mass is 32.1. The Labute approximate surface area is 163 Å². The van der Waals surface area contributed by atoms with Crippen LogP contribution in [0.5, 0.6) is 0 Å². The monoisotopic (exact) mass is 390 g/mol. The van der Waals surface area contributed by atoms with Crippen molar-refractivity contribution in [3.05, 3.63) is 34.0 Å². The van der Waals surface area contributed by atoms with Crippen molar-refractivity contribution in [3.63, 3.8) is 0 Å². The van der Waals surface area contributed by atoms with Crippen LogP contribution in [0.4, 0.5) is 5.00 Å². The van der Waals surface area contributed by atoms with E-state index in [1.54, 1.807) is 17.8 Å². The van der Waals surface area contributed by atoms with Crippen LogP contribution in [-0.4, -0.2) is 46.8 Å². The number of aromatic nitrogens is 2.